The van der Waals surface area contributed by atoms with E-state index in [1.807, 2.05) is 0 Å². The molecule has 0 radical (unpaired) electrons. The standard InChI is InChI=1S/C13H17ClN2O3/c1-18-8-3-2-4-9(5-8)19-13(17)10-6-12(14)16-7-11(10)15/h6-9H,2-5,15H2,1H3. The molecule has 104 valence electrons. The fourth-order valence-electron chi connectivity index (χ4n) is 2.26. The van der Waals surface area contributed by atoms with E-state index in [-0.39, 0.29) is 28.6 Å². The number of methoxy groups -OCH3 is 1. The Labute approximate surface area is 117 Å². The summed E-state index contributed by atoms with van der Waals surface area (Å²) in [6.07, 6.45) is 4.96. The molecule has 0 aliphatic heterocycles. The molecule has 1 aliphatic carbocycles. The molecular weight excluding hydrogens is 268 g/mol. The van der Waals surface area contributed by atoms with Crippen LogP contribution in [-0.2, 0) is 9.47 Å². The van der Waals surface area contributed by atoms with Crippen molar-refractivity contribution in [3.8, 4) is 0 Å². The maximum absolute atomic E-state index is 12.1. The maximum Gasteiger partial charge on any atom is 0.340 e. The van der Waals surface area contributed by atoms with Crippen molar-refractivity contribution in [3.05, 3.63) is 23.0 Å². The van der Waals surface area contributed by atoms with Gasteiger partial charge in [0.1, 0.15) is 11.3 Å². The lowest BCUT2D eigenvalue weighted by atomic mass is 9.95. The van der Waals surface area contributed by atoms with Gasteiger partial charge in [-0.2, -0.15) is 0 Å². The largest absolute Gasteiger partial charge is 0.459 e. The first-order valence-electron chi connectivity index (χ1n) is 6.25. The SMILES string of the molecule is COC1CCCC(OC(=O)c2cc(Cl)ncc2N)C1. The number of pyridine rings is 1. The van der Waals surface area contributed by atoms with Crippen molar-refractivity contribution in [3.63, 3.8) is 0 Å². The summed E-state index contributed by atoms with van der Waals surface area (Å²) in [6.45, 7) is 0. The van der Waals surface area contributed by atoms with E-state index < -0.39 is 5.97 Å². The first-order valence-corrected chi connectivity index (χ1v) is 6.62. The van der Waals surface area contributed by atoms with Crippen LogP contribution in [0.1, 0.15) is 36.0 Å². The van der Waals surface area contributed by atoms with Crippen molar-refractivity contribution in [1.29, 1.82) is 0 Å². The number of esters is 1. The molecular formula is C13H17ClN2O3. The second kappa shape index (κ2) is 6.21. The number of anilines is 1. The lowest BCUT2D eigenvalue weighted by Crippen LogP contribution is -2.29. The van der Waals surface area contributed by atoms with E-state index in [2.05, 4.69) is 4.98 Å². The number of nitrogens with zero attached hydrogens (tertiary/aromatic N) is 1. The number of nitrogen functional groups attached to an aromatic ring is 1. The Kier molecular flexibility index (Phi) is 4.61. The molecule has 1 aliphatic rings. The monoisotopic (exact) mass is 284 g/mol. The number of aromatic nitrogens is 1. The number of nitrogens with two attached hydrogens (primary N) is 1. The van der Waals surface area contributed by atoms with Gasteiger partial charge < -0.3 is 15.2 Å². The molecule has 2 rings (SSSR count). The van der Waals surface area contributed by atoms with Crippen LogP contribution < -0.4 is 5.73 Å². The molecule has 0 spiro atoms. The Bertz CT molecular complexity index is 467. The normalized spacial score (nSPS) is 23.1. The Morgan fingerprint density at radius 1 is 1.47 bits per heavy atom. The van der Waals surface area contributed by atoms with E-state index in [1.165, 1.54) is 12.3 Å². The van der Waals surface area contributed by atoms with Crippen LogP contribution in [0.25, 0.3) is 0 Å². The van der Waals surface area contributed by atoms with Crippen LogP contribution >= 0.6 is 11.6 Å². The van der Waals surface area contributed by atoms with E-state index in [0.29, 0.717) is 0 Å². The Hall–Kier alpha value is -1.33. The summed E-state index contributed by atoms with van der Waals surface area (Å²) in [5, 5.41) is 0.222. The average molecular weight is 285 g/mol. The van der Waals surface area contributed by atoms with Crippen molar-refractivity contribution in [1.82, 2.24) is 4.98 Å². The summed E-state index contributed by atoms with van der Waals surface area (Å²) < 4.78 is 10.8. The molecule has 19 heavy (non-hydrogen) atoms. The number of hydrogen-bond donors (Lipinski definition) is 1. The second-order valence-corrected chi connectivity index (χ2v) is 5.03. The van der Waals surface area contributed by atoms with Crippen LogP contribution in [0.3, 0.4) is 0 Å². The zero-order valence-electron chi connectivity index (χ0n) is 10.8. The molecule has 0 aromatic carbocycles. The molecule has 2 unspecified atom stereocenters. The van der Waals surface area contributed by atoms with Gasteiger partial charge in [0.05, 0.1) is 23.6 Å². The van der Waals surface area contributed by atoms with E-state index in [4.69, 9.17) is 26.8 Å². The minimum absolute atomic E-state index is 0.127. The molecule has 0 saturated heterocycles. The number of ether oxygens (including phenoxy) is 2. The van der Waals surface area contributed by atoms with Gasteiger partial charge in [0.2, 0.25) is 0 Å². The third kappa shape index (κ3) is 3.58. The number of carbonyl (C=O) groups is 1. The summed E-state index contributed by atoms with van der Waals surface area (Å²) in [6, 6.07) is 1.43. The van der Waals surface area contributed by atoms with Crippen molar-refractivity contribution in [2.24, 2.45) is 0 Å². The lowest BCUT2D eigenvalue weighted by molar-refractivity contribution is -0.0148. The number of halogens is 1. The Morgan fingerprint density at radius 2 is 2.21 bits per heavy atom. The van der Waals surface area contributed by atoms with Crippen LogP contribution in [0.5, 0.6) is 0 Å². The van der Waals surface area contributed by atoms with E-state index in [9.17, 15) is 4.79 Å². The van der Waals surface area contributed by atoms with Crippen molar-refractivity contribution in [2.45, 2.75) is 37.9 Å². The Balaban J connectivity index is 2.02. The number of carbonyl (C=O) groups excluding carboxylic acids is 1. The highest BCUT2D eigenvalue weighted by Crippen LogP contribution is 2.25. The predicted molar refractivity (Wildman–Crippen MR) is 72.1 cm³/mol. The van der Waals surface area contributed by atoms with E-state index >= 15 is 0 Å². The van der Waals surface area contributed by atoms with Gasteiger partial charge in [-0.15, -0.1) is 0 Å². The summed E-state index contributed by atoms with van der Waals surface area (Å²) in [7, 11) is 1.68. The summed E-state index contributed by atoms with van der Waals surface area (Å²) in [4.78, 5) is 15.9. The first kappa shape index (κ1) is 14.1. The van der Waals surface area contributed by atoms with Crippen molar-refractivity contribution in [2.75, 3.05) is 12.8 Å². The molecule has 1 aromatic heterocycles. The van der Waals surface area contributed by atoms with Gasteiger partial charge in [-0.05, 0) is 25.3 Å². The van der Waals surface area contributed by atoms with Crippen LogP contribution in [0.15, 0.2) is 12.3 Å². The highest BCUT2D eigenvalue weighted by Gasteiger charge is 2.25. The molecule has 1 saturated carbocycles. The van der Waals surface area contributed by atoms with Crippen LogP contribution in [0.4, 0.5) is 5.69 Å². The third-order valence-electron chi connectivity index (χ3n) is 3.31. The van der Waals surface area contributed by atoms with Crippen molar-refractivity contribution >= 4 is 23.3 Å². The third-order valence-corrected chi connectivity index (χ3v) is 3.51. The van der Waals surface area contributed by atoms with Gasteiger partial charge in [-0.3, -0.25) is 0 Å². The summed E-state index contributed by atoms with van der Waals surface area (Å²) >= 11 is 5.75. The molecule has 2 N–H and O–H groups in total. The lowest BCUT2D eigenvalue weighted by Gasteiger charge is -2.28. The fourth-order valence-corrected chi connectivity index (χ4v) is 2.41. The molecule has 0 bridgehead atoms. The first-order chi connectivity index (χ1) is 9.10. The van der Waals surface area contributed by atoms with Gasteiger partial charge in [0, 0.05) is 13.5 Å². The average Bonchev–Trinajstić information content (AvgIpc) is 2.41. The second-order valence-electron chi connectivity index (χ2n) is 4.65. The molecule has 1 fully saturated rings. The molecule has 0 amide bonds. The van der Waals surface area contributed by atoms with Gasteiger partial charge in [0.15, 0.2) is 0 Å². The number of hydrogen-bond acceptors (Lipinski definition) is 5. The van der Waals surface area contributed by atoms with Crippen LogP contribution in [-0.4, -0.2) is 30.3 Å². The van der Waals surface area contributed by atoms with Crippen molar-refractivity contribution < 1.29 is 14.3 Å². The zero-order chi connectivity index (χ0) is 13.8. The van der Waals surface area contributed by atoms with E-state index in [1.54, 1.807) is 7.11 Å². The minimum Gasteiger partial charge on any atom is -0.459 e. The highest BCUT2D eigenvalue weighted by molar-refractivity contribution is 6.29. The maximum atomic E-state index is 12.1. The summed E-state index contributed by atoms with van der Waals surface area (Å²) in [5.74, 6) is -0.455. The minimum atomic E-state index is -0.455. The van der Waals surface area contributed by atoms with Gasteiger partial charge in [0.25, 0.3) is 0 Å². The molecule has 6 heteroatoms. The predicted octanol–water partition coefficient (Wildman–Crippen LogP) is 2.43. The molecule has 1 aromatic rings. The van der Waals surface area contributed by atoms with Gasteiger partial charge in [-0.25, -0.2) is 9.78 Å². The van der Waals surface area contributed by atoms with Gasteiger partial charge in [-0.1, -0.05) is 11.6 Å². The van der Waals surface area contributed by atoms with E-state index in [0.717, 1.165) is 25.7 Å². The molecule has 2 atom stereocenters. The highest BCUT2D eigenvalue weighted by atomic mass is 35.5. The van der Waals surface area contributed by atoms with Crippen LogP contribution in [0.2, 0.25) is 5.15 Å². The summed E-state index contributed by atoms with van der Waals surface area (Å²) in [5.41, 5.74) is 6.24. The fraction of sp³-hybridized carbons (Fsp3) is 0.538. The quantitative estimate of drug-likeness (QED) is 0.681. The van der Waals surface area contributed by atoms with Gasteiger partial charge >= 0.3 is 5.97 Å². The molecule has 1 heterocycles. The molecule has 5 nitrogen and oxygen atoms in total. The zero-order valence-corrected chi connectivity index (χ0v) is 11.5. The number of rotatable bonds is 3. The smallest absolute Gasteiger partial charge is 0.340 e. The Morgan fingerprint density at radius 3 is 2.95 bits per heavy atom. The topological polar surface area (TPSA) is 74.4 Å². The van der Waals surface area contributed by atoms with Crippen LogP contribution in [0, 0.1) is 0 Å².